The quantitative estimate of drug-likeness (QED) is 0.396. The van der Waals surface area contributed by atoms with Gasteiger partial charge in [0.25, 0.3) is 23.0 Å². The van der Waals surface area contributed by atoms with Crippen molar-refractivity contribution in [2.24, 2.45) is 0 Å². The first-order chi connectivity index (χ1) is 19.1. The van der Waals surface area contributed by atoms with Gasteiger partial charge in [0, 0.05) is 31.7 Å². The zero-order valence-corrected chi connectivity index (χ0v) is 21.7. The average molecular weight is 570 g/mol. The van der Waals surface area contributed by atoms with Gasteiger partial charge in [-0.2, -0.15) is 13.2 Å². The van der Waals surface area contributed by atoms with Gasteiger partial charge in [-0.15, -0.1) is 0 Å². The standard InChI is InChI=1S/C28H22F3N3O5S/c29-28(30,31)21-9-5-19(6-10-21)17-34-26(37)23(40-27(34)38)16-18-3-7-20(8-4-18)24(35)32-11-13-33(14-12-32)25(36)22-2-1-15-39-22/h1-10,15-16H,11-14,17H2/b23-16-. The van der Waals surface area contributed by atoms with Crippen molar-refractivity contribution >= 4 is 40.8 Å². The number of carbonyl (C=O) groups excluding carboxylic acids is 4. The van der Waals surface area contributed by atoms with Crippen LogP contribution in [0.3, 0.4) is 0 Å². The molecule has 5 rings (SSSR count). The summed E-state index contributed by atoms with van der Waals surface area (Å²) >= 11 is 0.742. The van der Waals surface area contributed by atoms with Crippen molar-refractivity contribution in [3.8, 4) is 0 Å². The van der Waals surface area contributed by atoms with Gasteiger partial charge in [0.2, 0.25) is 0 Å². The minimum Gasteiger partial charge on any atom is -0.459 e. The van der Waals surface area contributed by atoms with Crippen LogP contribution < -0.4 is 0 Å². The van der Waals surface area contributed by atoms with E-state index < -0.39 is 22.9 Å². The molecular weight excluding hydrogens is 547 g/mol. The van der Waals surface area contributed by atoms with Crippen molar-refractivity contribution in [3.05, 3.63) is 99.8 Å². The number of thioether (sulfide) groups is 1. The van der Waals surface area contributed by atoms with E-state index in [2.05, 4.69) is 0 Å². The third kappa shape index (κ3) is 5.81. The maximum Gasteiger partial charge on any atom is 0.416 e. The molecule has 3 heterocycles. The fourth-order valence-electron chi connectivity index (χ4n) is 4.34. The van der Waals surface area contributed by atoms with Crippen LogP contribution in [0.1, 0.15) is 37.6 Å². The van der Waals surface area contributed by atoms with Crippen LogP contribution >= 0.6 is 11.8 Å². The molecular formula is C28H22F3N3O5S. The second-order valence-electron chi connectivity index (χ2n) is 9.15. The van der Waals surface area contributed by atoms with E-state index in [0.717, 1.165) is 28.8 Å². The molecule has 0 atom stereocenters. The van der Waals surface area contributed by atoms with E-state index in [0.29, 0.717) is 42.9 Å². The molecule has 0 unspecified atom stereocenters. The van der Waals surface area contributed by atoms with Crippen molar-refractivity contribution in [1.82, 2.24) is 14.7 Å². The lowest BCUT2D eigenvalue weighted by atomic mass is 10.1. The van der Waals surface area contributed by atoms with E-state index in [-0.39, 0.29) is 29.0 Å². The first kappa shape index (κ1) is 27.3. The fraction of sp³-hybridized carbons (Fsp3) is 0.214. The number of piperazine rings is 1. The summed E-state index contributed by atoms with van der Waals surface area (Å²) in [4.78, 5) is 55.1. The highest BCUT2D eigenvalue weighted by atomic mass is 32.2. The molecule has 206 valence electrons. The van der Waals surface area contributed by atoms with Crippen LogP contribution in [0.15, 0.2) is 76.2 Å². The predicted octanol–water partition coefficient (Wildman–Crippen LogP) is 5.13. The highest BCUT2D eigenvalue weighted by Gasteiger charge is 2.35. The Balaban J connectivity index is 1.18. The lowest BCUT2D eigenvalue weighted by molar-refractivity contribution is -0.137. The maximum absolute atomic E-state index is 13.0. The topological polar surface area (TPSA) is 91.1 Å². The summed E-state index contributed by atoms with van der Waals surface area (Å²) in [5, 5.41) is -0.521. The Kier molecular flexibility index (Phi) is 7.53. The Labute approximate surface area is 231 Å². The molecule has 3 aromatic rings. The van der Waals surface area contributed by atoms with E-state index in [9.17, 15) is 32.3 Å². The molecule has 12 heteroatoms. The number of rotatable bonds is 5. The largest absolute Gasteiger partial charge is 0.459 e. The van der Waals surface area contributed by atoms with Crippen LogP contribution in [0.25, 0.3) is 6.08 Å². The molecule has 8 nitrogen and oxygen atoms in total. The first-order valence-corrected chi connectivity index (χ1v) is 13.1. The fourth-order valence-corrected chi connectivity index (χ4v) is 5.18. The normalized spacial score (nSPS) is 17.2. The number of imide groups is 1. The maximum atomic E-state index is 13.0. The van der Waals surface area contributed by atoms with Gasteiger partial charge < -0.3 is 14.2 Å². The van der Waals surface area contributed by atoms with Gasteiger partial charge in [0.05, 0.1) is 23.3 Å². The molecule has 0 bridgehead atoms. The van der Waals surface area contributed by atoms with Gasteiger partial charge in [0.1, 0.15) is 0 Å². The van der Waals surface area contributed by atoms with E-state index in [4.69, 9.17) is 4.42 Å². The molecule has 2 aromatic carbocycles. The summed E-state index contributed by atoms with van der Waals surface area (Å²) in [6.45, 7) is 1.36. The Morgan fingerprint density at radius 3 is 2.08 bits per heavy atom. The van der Waals surface area contributed by atoms with Crippen LogP contribution in [-0.4, -0.2) is 63.8 Å². The third-order valence-corrected chi connectivity index (χ3v) is 7.44. The lowest BCUT2D eigenvalue weighted by Gasteiger charge is -2.34. The molecule has 2 aliphatic heterocycles. The molecule has 40 heavy (non-hydrogen) atoms. The number of alkyl halides is 3. The molecule has 1 aromatic heterocycles. The summed E-state index contributed by atoms with van der Waals surface area (Å²) in [7, 11) is 0. The highest BCUT2D eigenvalue weighted by Crippen LogP contribution is 2.34. The number of nitrogens with zero attached hydrogens (tertiary/aromatic N) is 3. The number of hydrogen-bond donors (Lipinski definition) is 0. The molecule has 0 aliphatic carbocycles. The minimum absolute atomic E-state index is 0.145. The van der Waals surface area contributed by atoms with Crippen LogP contribution in [0.5, 0.6) is 0 Å². The van der Waals surface area contributed by atoms with E-state index in [1.54, 1.807) is 46.2 Å². The van der Waals surface area contributed by atoms with Crippen LogP contribution in [0.2, 0.25) is 0 Å². The Bertz CT molecular complexity index is 1460. The summed E-state index contributed by atoms with van der Waals surface area (Å²) < 4.78 is 43.5. The monoisotopic (exact) mass is 569 g/mol. The highest BCUT2D eigenvalue weighted by molar-refractivity contribution is 8.18. The van der Waals surface area contributed by atoms with Crippen molar-refractivity contribution in [3.63, 3.8) is 0 Å². The zero-order valence-electron chi connectivity index (χ0n) is 20.9. The van der Waals surface area contributed by atoms with Crippen molar-refractivity contribution < 1.29 is 36.8 Å². The molecule has 0 radical (unpaired) electrons. The molecule has 2 aliphatic rings. The number of halogens is 3. The van der Waals surface area contributed by atoms with Crippen LogP contribution in [0, 0.1) is 0 Å². The average Bonchev–Trinajstić information content (AvgIpc) is 3.58. The third-order valence-electron chi connectivity index (χ3n) is 6.54. The van der Waals surface area contributed by atoms with E-state index in [1.165, 1.54) is 24.5 Å². The molecule has 0 saturated carbocycles. The summed E-state index contributed by atoms with van der Waals surface area (Å²) in [5.74, 6) is -0.691. The SMILES string of the molecule is O=C(c1ccc(/C=C2\SC(=O)N(Cc3ccc(C(F)(F)F)cc3)C2=O)cc1)N1CCN(C(=O)c2ccco2)CC1. The number of amides is 4. The number of hydrogen-bond acceptors (Lipinski definition) is 6. The first-order valence-electron chi connectivity index (χ1n) is 12.2. The molecule has 0 N–H and O–H groups in total. The minimum atomic E-state index is -4.47. The van der Waals surface area contributed by atoms with Crippen molar-refractivity contribution in [2.45, 2.75) is 12.7 Å². The van der Waals surface area contributed by atoms with Gasteiger partial charge in [-0.3, -0.25) is 24.1 Å². The number of carbonyl (C=O) groups is 4. The summed E-state index contributed by atoms with van der Waals surface area (Å²) in [6.07, 6.45) is -1.50. The smallest absolute Gasteiger partial charge is 0.416 e. The lowest BCUT2D eigenvalue weighted by Crippen LogP contribution is -2.50. The molecule has 2 saturated heterocycles. The van der Waals surface area contributed by atoms with Crippen LogP contribution in [0.4, 0.5) is 18.0 Å². The van der Waals surface area contributed by atoms with Crippen LogP contribution in [-0.2, 0) is 17.5 Å². The van der Waals surface area contributed by atoms with Gasteiger partial charge in [-0.25, -0.2) is 0 Å². The van der Waals surface area contributed by atoms with Gasteiger partial charge in [-0.05, 0) is 65.4 Å². The van der Waals surface area contributed by atoms with Gasteiger partial charge >= 0.3 is 6.18 Å². The summed E-state index contributed by atoms with van der Waals surface area (Å²) in [6, 6.07) is 14.1. The number of furan rings is 1. The number of benzene rings is 2. The van der Waals surface area contributed by atoms with Gasteiger partial charge in [-0.1, -0.05) is 24.3 Å². The van der Waals surface area contributed by atoms with Gasteiger partial charge in [0.15, 0.2) is 5.76 Å². The predicted molar refractivity (Wildman–Crippen MR) is 140 cm³/mol. The second kappa shape index (κ2) is 11.0. The second-order valence-corrected chi connectivity index (χ2v) is 10.1. The molecule has 0 spiro atoms. The van der Waals surface area contributed by atoms with E-state index >= 15 is 0 Å². The summed E-state index contributed by atoms with van der Waals surface area (Å²) in [5.41, 5.74) is 0.629. The molecule has 4 amide bonds. The van der Waals surface area contributed by atoms with Crippen molar-refractivity contribution in [2.75, 3.05) is 26.2 Å². The molecule has 2 fully saturated rings. The Hall–Kier alpha value is -4.32. The van der Waals surface area contributed by atoms with E-state index in [1.807, 2.05) is 0 Å². The Morgan fingerprint density at radius 1 is 0.875 bits per heavy atom. The Morgan fingerprint density at radius 2 is 1.50 bits per heavy atom. The zero-order chi connectivity index (χ0) is 28.4. The van der Waals surface area contributed by atoms with Crippen molar-refractivity contribution in [1.29, 1.82) is 0 Å².